The number of carbonyl (C=O) groups excluding carboxylic acids is 1. The summed E-state index contributed by atoms with van der Waals surface area (Å²) in [5, 5.41) is 16.1. The van der Waals surface area contributed by atoms with Crippen LogP contribution in [0.3, 0.4) is 0 Å². The van der Waals surface area contributed by atoms with Gasteiger partial charge < -0.3 is 20.5 Å². The highest BCUT2D eigenvalue weighted by molar-refractivity contribution is 5.72. The SMILES string of the molecule is COc1c(C)cc(C)cc1C(O)CNCCNC(C)=O. The molecule has 1 aromatic rings. The smallest absolute Gasteiger partial charge is 0.216 e. The number of carbonyl (C=O) groups is 1. The molecule has 0 aromatic heterocycles. The lowest BCUT2D eigenvalue weighted by Gasteiger charge is -2.18. The zero-order valence-electron chi connectivity index (χ0n) is 12.6. The van der Waals surface area contributed by atoms with Gasteiger partial charge >= 0.3 is 0 Å². The fraction of sp³-hybridized carbons (Fsp3) is 0.533. The number of hydrogen-bond donors (Lipinski definition) is 3. The van der Waals surface area contributed by atoms with E-state index in [0.717, 1.165) is 22.4 Å². The van der Waals surface area contributed by atoms with Crippen LogP contribution >= 0.6 is 0 Å². The van der Waals surface area contributed by atoms with E-state index in [1.807, 2.05) is 26.0 Å². The Balaban J connectivity index is 2.58. The second-order valence-corrected chi connectivity index (χ2v) is 4.91. The summed E-state index contributed by atoms with van der Waals surface area (Å²) in [7, 11) is 1.61. The number of hydrogen-bond acceptors (Lipinski definition) is 4. The van der Waals surface area contributed by atoms with Gasteiger partial charge in [-0.3, -0.25) is 4.79 Å². The van der Waals surface area contributed by atoms with Crippen molar-refractivity contribution < 1.29 is 14.6 Å². The molecular weight excluding hydrogens is 256 g/mol. The Morgan fingerprint density at radius 2 is 2.05 bits per heavy atom. The van der Waals surface area contributed by atoms with E-state index in [1.165, 1.54) is 6.92 Å². The van der Waals surface area contributed by atoms with Gasteiger partial charge in [-0.25, -0.2) is 0 Å². The highest BCUT2D eigenvalue weighted by Gasteiger charge is 2.15. The van der Waals surface area contributed by atoms with Crippen LogP contribution in [-0.2, 0) is 4.79 Å². The van der Waals surface area contributed by atoms with Crippen LogP contribution in [0, 0.1) is 13.8 Å². The number of nitrogens with one attached hydrogen (secondary N) is 2. The molecule has 5 nitrogen and oxygen atoms in total. The summed E-state index contributed by atoms with van der Waals surface area (Å²) in [6.07, 6.45) is -0.638. The van der Waals surface area contributed by atoms with Gasteiger partial charge in [-0.05, 0) is 25.5 Å². The summed E-state index contributed by atoms with van der Waals surface area (Å²) in [6.45, 7) is 7.02. The van der Waals surface area contributed by atoms with Gasteiger partial charge in [0.2, 0.25) is 5.91 Å². The first kappa shape index (κ1) is 16.5. The van der Waals surface area contributed by atoms with Crippen molar-refractivity contribution in [3.63, 3.8) is 0 Å². The molecule has 0 fully saturated rings. The van der Waals surface area contributed by atoms with Crippen LogP contribution < -0.4 is 15.4 Å². The summed E-state index contributed by atoms with van der Waals surface area (Å²) in [6, 6.07) is 3.96. The molecule has 3 N–H and O–H groups in total. The Morgan fingerprint density at radius 1 is 1.35 bits per heavy atom. The van der Waals surface area contributed by atoms with Crippen molar-refractivity contribution in [2.45, 2.75) is 26.9 Å². The van der Waals surface area contributed by atoms with Gasteiger partial charge in [-0.15, -0.1) is 0 Å². The highest BCUT2D eigenvalue weighted by Crippen LogP contribution is 2.29. The maximum atomic E-state index is 10.7. The summed E-state index contributed by atoms with van der Waals surface area (Å²) in [5.74, 6) is 0.676. The Hall–Kier alpha value is -1.59. The quantitative estimate of drug-likeness (QED) is 0.653. The molecule has 0 saturated carbocycles. The van der Waals surface area contributed by atoms with Crippen LogP contribution in [-0.4, -0.2) is 37.8 Å². The van der Waals surface area contributed by atoms with Crippen LogP contribution in [0.2, 0.25) is 0 Å². The summed E-state index contributed by atoms with van der Waals surface area (Å²) >= 11 is 0. The molecule has 20 heavy (non-hydrogen) atoms. The molecule has 5 heteroatoms. The minimum atomic E-state index is -0.638. The normalized spacial score (nSPS) is 12.1. The lowest BCUT2D eigenvalue weighted by molar-refractivity contribution is -0.118. The molecule has 0 heterocycles. The topological polar surface area (TPSA) is 70.6 Å². The molecule has 0 aliphatic heterocycles. The second kappa shape index (κ2) is 7.87. The van der Waals surface area contributed by atoms with Crippen molar-refractivity contribution in [3.8, 4) is 5.75 Å². The van der Waals surface area contributed by atoms with E-state index in [4.69, 9.17) is 4.74 Å². The standard InChI is InChI=1S/C15H24N2O3/c1-10-7-11(2)15(20-4)13(8-10)14(19)9-16-5-6-17-12(3)18/h7-8,14,16,19H,5-6,9H2,1-4H3,(H,17,18). The third kappa shape index (κ3) is 4.83. The third-order valence-electron chi connectivity index (χ3n) is 3.02. The van der Waals surface area contributed by atoms with Gasteiger partial charge in [0.05, 0.1) is 13.2 Å². The Labute approximate surface area is 120 Å². The predicted octanol–water partition coefficient (Wildman–Crippen LogP) is 1.07. The van der Waals surface area contributed by atoms with E-state index in [0.29, 0.717) is 19.6 Å². The zero-order valence-corrected chi connectivity index (χ0v) is 12.6. The number of benzene rings is 1. The van der Waals surface area contributed by atoms with E-state index in [2.05, 4.69) is 10.6 Å². The van der Waals surface area contributed by atoms with E-state index in [1.54, 1.807) is 7.11 Å². The van der Waals surface area contributed by atoms with Gasteiger partial charge in [-0.1, -0.05) is 11.6 Å². The molecule has 1 rings (SSSR count). The fourth-order valence-corrected chi connectivity index (χ4v) is 2.19. The van der Waals surface area contributed by atoms with Crippen molar-refractivity contribution in [2.75, 3.05) is 26.7 Å². The first-order valence-electron chi connectivity index (χ1n) is 6.74. The lowest BCUT2D eigenvalue weighted by Crippen LogP contribution is -2.32. The monoisotopic (exact) mass is 280 g/mol. The van der Waals surface area contributed by atoms with E-state index < -0.39 is 6.10 Å². The van der Waals surface area contributed by atoms with Crippen LogP contribution in [0.4, 0.5) is 0 Å². The predicted molar refractivity (Wildman–Crippen MR) is 79.0 cm³/mol. The van der Waals surface area contributed by atoms with Crippen LogP contribution in [0.15, 0.2) is 12.1 Å². The Morgan fingerprint density at radius 3 is 2.65 bits per heavy atom. The molecule has 1 aromatic carbocycles. The van der Waals surface area contributed by atoms with Crippen molar-refractivity contribution >= 4 is 5.91 Å². The first-order chi connectivity index (χ1) is 9.45. The largest absolute Gasteiger partial charge is 0.496 e. The molecule has 0 aliphatic rings. The molecule has 0 saturated heterocycles. The van der Waals surface area contributed by atoms with E-state index in [9.17, 15) is 9.90 Å². The maximum absolute atomic E-state index is 10.7. The first-order valence-corrected chi connectivity index (χ1v) is 6.74. The number of methoxy groups -OCH3 is 1. The van der Waals surface area contributed by atoms with Gasteiger partial charge in [0.15, 0.2) is 0 Å². The van der Waals surface area contributed by atoms with E-state index >= 15 is 0 Å². The number of aliphatic hydroxyl groups is 1. The lowest BCUT2D eigenvalue weighted by atomic mass is 10.0. The molecule has 0 radical (unpaired) electrons. The average molecular weight is 280 g/mol. The average Bonchev–Trinajstić information content (AvgIpc) is 2.36. The molecule has 1 unspecified atom stereocenters. The molecule has 1 amide bonds. The Bertz CT molecular complexity index is 461. The zero-order chi connectivity index (χ0) is 15.1. The Kier molecular flexibility index (Phi) is 6.48. The van der Waals surface area contributed by atoms with Crippen LogP contribution in [0.5, 0.6) is 5.75 Å². The van der Waals surface area contributed by atoms with Crippen LogP contribution in [0.1, 0.15) is 29.7 Å². The summed E-state index contributed by atoms with van der Waals surface area (Å²) in [4.78, 5) is 10.7. The number of aryl methyl sites for hydroxylation is 2. The minimum absolute atomic E-state index is 0.0525. The van der Waals surface area contributed by atoms with Crippen molar-refractivity contribution in [1.82, 2.24) is 10.6 Å². The van der Waals surface area contributed by atoms with Gasteiger partial charge in [0, 0.05) is 32.1 Å². The second-order valence-electron chi connectivity index (χ2n) is 4.91. The molecule has 0 spiro atoms. The summed E-state index contributed by atoms with van der Waals surface area (Å²) < 4.78 is 5.37. The highest BCUT2D eigenvalue weighted by atomic mass is 16.5. The maximum Gasteiger partial charge on any atom is 0.216 e. The fourth-order valence-electron chi connectivity index (χ4n) is 2.19. The molecule has 0 bridgehead atoms. The number of amides is 1. The number of rotatable bonds is 7. The third-order valence-corrected chi connectivity index (χ3v) is 3.02. The molecular formula is C15H24N2O3. The molecule has 112 valence electrons. The minimum Gasteiger partial charge on any atom is -0.496 e. The van der Waals surface area contributed by atoms with Crippen molar-refractivity contribution in [3.05, 3.63) is 28.8 Å². The number of aliphatic hydroxyl groups excluding tert-OH is 1. The van der Waals surface area contributed by atoms with Crippen molar-refractivity contribution in [1.29, 1.82) is 0 Å². The number of ether oxygens (including phenoxy) is 1. The summed E-state index contributed by atoms with van der Waals surface area (Å²) in [5.41, 5.74) is 2.90. The van der Waals surface area contributed by atoms with Gasteiger partial charge in [0.25, 0.3) is 0 Å². The van der Waals surface area contributed by atoms with E-state index in [-0.39, 0.29) is 5.91 Å². The molecule has 0 aliphatic carbocycles. The van der Waals surface area contributed by atoms with Crippen LogP contribution in [0.25, 0.3) is 0 Å². The van der Waals surface area contributed by atoms with Gasteiger partial charge in [0.1, 0.15) is 5.75 Å². The van der Waals surface area contributed by atoms with Crippen molar-refractivity contribution in [2.24, 2.45) is 0 Å². The molecule has 1 atom stereocenters. The van der Waals surface area contributed by atoms with Gasteiger partial charge in [-0.2, -0.15) is 0 Å².